The Bertz CT molecular complexity index is 772. The Morgan fingerprint density at radius 1 is 1.26 bits per heavy atom. The molecule has 1 N–H and O–H groups in total. The van der Waals surface area contributed by atoms with Gasteiger partial charge in [0.15, 0.2) is 11.6 Å². The summed E-state index contributed by atoms with van der Waals surface area (Å²) in [6.07, 6.45) is 0. The summed E-state index contributed by atoms with van der Waals surface area (Å²) in [5.41, 5.74) is 0.467. The van der Waals surface area contributed by atoms with Gasteiger partial charge >= 0.3 is 0 Å². The van der Waals surface area contributed by atoms with Gasteiger partial charge in [0.2, 0.25) is 0 Å². The molecule has 0 bridgehead atoms. The van der Waals surface area contributed by atoms with E-state index in [-0.39, 0.29) is 24.8 Å². The number of hydrogen-bond donors (Lipinski definition) is 1. The molecule has 0 aliphatic carbocycles. The molecule has 0 atom stereocenters. The monoisotopic (exact) mass is 319 g/mol. The number of furan rings is 1. The van der Waals surface area contributed by atoms with Gasteiger partial charge in [-0.2, -0.15) is 0 Å². The summed E-state index contributed by atoms with van der Waals surface area (Å²) in [6.45, 7) is 3.52. The second-order valence-electron chi connectivity index (χ2n) is 4.73. The Kier molecular flexibility index (Phi) is 5.36. The van der Waals surface area contributed by atoms with Gasteiger partial charge in [-0.15, -0.1) is 0 Å². The summed E-state index contributed by atoms with van der Waals surface area (Å²) < 4.78 is 36.3. The van der Waals surface area contributed by atoms with Crippen molar-refractivity contribution in [3.05, 3.63) is 53.0 Å². The molecule has 1 aromatic heterocycles. The maximum Gasteiger partial charge on any atom is 0.255 e. The standard InChI is InChI=1S/C17H15F2NO3/c1-11-9-14(12(2)23-11)17(21)20-7-3-4-8-22-16-6-5-13(18)10-15(16)19/h5-6,9-10H,7-8H2,1-2H3,(H,20,21). The number of ether oxygens (including phenoxy) is 1. The zero-order valence-corrected chi connectivity index (χ0v) is 12.7. The maximum absolute atomic E-state index is 13.3. The first-order valence-electron chi connectivity index (χ1n) is 6.86. The lowest BCUT2D eigenvalue weighted by atomic mass is 10.2. The quantitative estimate of drug-likeness (QED) is 0.882. The molecule has 0 spiro atoms. The molecule has 6 heteroatoms. The first-order valence-corrected chi connectivity index (χ1v) is 6.86. The largest absolute Gasteiger partial charge is 0.478 e. The van der Waals surface area contributed by atoms with E-state index in [1.807, 2.05) is 0 Å². The zero-order chi connectivity index (χ0) is 16.8. The topological polar surface area (TPSA) is 51.5 Å². The van der Waals surface area contributed by atoms with Crippen LogP contribution in [-0.2, 0) is 0 Å². The molecule has 2 rings (SSSR count). The molecule has 0 aliphatic rings. The van der Waals surface area contributed by atoms with Crippen LogP contribution in [0.5, 0.6) is 5.75 Å². The van der Waals surface area contributed by atoms with E-state index in [2.05, 4.69) is 17.2 Å². The van der Waals surface area contributed by atoms with E-state index >= 15 is 0 Å². The van der Waals surface area contributed by atoms with E-state index < -0.39 is 11.6 Å². The van der Waals surface area contributed by atoms with E-state index in [0.717, 1.165) is 12.1 Å². The van der Waals surface area contributed by atoms with E-state index in [1.54, 1.807) is 19.9 Å². The lowest BCUT2D eigenvalue weighted by Crippen LogP contribution is -2.23. The molecule has 2 aromatic rings. The molecular formula is C17H15F2NO3. The van der Waals surface area contributed by atoms with Gasteiger partial charge in [-0.3, -0.25) is 4.79 Å². The third kappa shape index (κ3) is 4.58. The highest BCUT2D eigenvalue weighted by Crippen LogP contribution is 2.17. The third-order valence-electron chi connectivity index (χ3n) is 2.94. The Balaban J connectivity index is 1.78. The Morgan fingerprint density at radius 3 is 2.70 bits per heavy atom. The minimum atomic E-state index is -0.786. The van der Waals surface area contributed by atoms with Crippen molar-refractivity contribution >= 4 is 5.91 Å². The number of carbonyl (C=O) groups is 1. The van der Waals surface area contributed by atoms with Gasteiger partial charge in [-0.1, -0.05) is 11.8 Å². The van der Waals surface area contributed by atoms with Crippen molar-refractivity contribution in [2.24, 2.45) is 0 Å². The van der Waals surface area contributed by atoms with Crippen LogP contribution < -0.4 is 10.1 Å². The normalized spacial score (nSPS) is 9.91. The van der Waals surface area contributed by atoms with Gasteiger partial charge in [0.05, 0.1) is 12.1 Å². The van der Waals surface area contributed by atoms with E-state index in [9.17, 15) is 13.6 Å². The first kappa shape index (κ1) is 16.6. The molecule has 1 amide bonds. The molecule has 0 saturated carbocycles. The number of carbonyl (C=O) groups excluding carboxylic acids is 1. The van der Waals surface area contributed by atoms with E-state index in [0.29, 0.717) is 17.1 Å². The molecule has 0 saturated heterocycles. The van der Waals surface area contributed by atoms with Crippen LogP contribution in [0.1, 0.15) is 21.9 Å². The van der Waals surface area contributed by atoms with E-state index in [4.69, 9.17) is 9.15 Å². The molecule has 23 heavy (non-hydrogen) atoms. The van der Waals surface area contributed by atoms with Crippen molar-refractivity contribution in [1.82, 2.24) is 5.32 Å². The van der Waals surface area contributed by atoms with Crippen molar-refractivity contribution in [3.63, 3.8) is 0 Å². The van der Waals surface area contributed by atoms with Crippen LogP contribution in [-0.4, -0.2) is 19.1 Å². The summed E-state index contributed by atoms with van der Waals surface area (Å²) in [6, 6.07) is 4.68. The van der Waals surface area contributed by atoms with Crippen molar-refractivity contribution < 1.29 is 22.7 Å². The van der Waals surface area contributed by atoms with Gasteiger partial charge in [0.1, 0.15) is 23.9 Å². The van der Waals surface area contributed by atoms with Crippen molar-refractivity contribution in [2.75, 3.05) is 13.2 Å². The Morgan fingerprint density at radius 2 is 2.04 bits per heavy atom. The number of hydrogen-bond acceptors (Lipinski definition) is 3. The second kappa shape index (κ2) is 7.45. The smallest absolute Gasteiger partial charge is 0.255 e. The molecule has 0 aliphatic heterocycles. The highest BCUT2D eigenvalue weighted by atomic mass is 19.1. The molecule has 0 fully saturated rings. The lowest BCUT2D eigenvalue weighted by molar-refractivity contribution is 0.0957. The fourth-order valence-corrected chi connectivity index (χ4v) is 1.90. The Hall–Kier alpha value is -2.81. The summed E-state index contributed by atoms with van der Waals surface area (Å²) in [5, 5.41) is 2.62. The van der Waals surface area contributed by atoms with E-state index in [1.165, 1.54) is 6.07 Å². The number of halogens is 2. The predicted octanol–water partition coefficient (Wildman–Crippen LogP) is 2.99. The van der Waals surface area contributed by atoms with Crippen LogP contribution in [0.3, 0.4) is 0 Å². The predicted molar refractivity (Wildman–Crippen MR) is 80.1 cm³/mol. The minimum Gasteiger partial charge on any atom is -0.478 e. The van der Waals surface area contributed by atoms with Gasteiger partial charge in [0.25, 0.3) is 5.91 Å². The number of amides is 1. The van der Waals surface area contributed by atoms with Gasteiger partial charge in [-0.05, 0) is 32.0 Å². The minimum absolute atomic E-state index is 0.0672. The van der Waals surface area contributed by atoms with Crippen LogP contribution in [0, 0.1) is 37.3 Å². The SMILES string of the molecule is Cc1cc(C(=O)NCC#CCOc2ccc(F)cc2F)c(C)o1. The maximum atomic E-state index is 13.3. The fourth-order valence-electron chi connectivity index (χ4n) is 1.90. The fraction of sp³-hybridized carbons (Fsp3) is 0.235. The van der Waals surface area contributed by atoms with Crippen LogP contribution in [0.25, 0.3) is 0 Å². The van der Waals surface area contributed by atoms with Gasteiger partial charge < -0.3 is 14.5 Å². The highest BCUT2D eigenvalue weighted by Gasteiger charge is 2.12. The summed E-state index contributed by atoms with van der Waals surface area (Å²) in [4.78, 5) is 11.9. The molecule has 0 unspecified atom stereocenters. The molecule has 1 aromatic carbocycles. The molecule has 0 radical (unpaired) electrons. The third-order valence-corrected chi connectivity index (χ3v) is 2.94. The van der Waals surface area contributed by atoms with Crippen LogP contribution in [0.2, 0.25) is 0 Å². The summed E-state index contributed by atoms with van der Waals surface area (Å²) in [7, 11) is 0. The number of benzene rings is 1. The number of nitrogens with one attached hydrogen (secondary N) is 1. The van der Waals surface area contributed by atoms with Crippen LogP contribution in [0.15, 0.2) is 28.7 Å². The molecule has 120 valence electrons. The molecule has 1 heterocycles. The average molecular weight is 319 g/mol. The first-order chi connectivity index (χ1) is 11.0. The van der Waals surface area contributed by atoms with Crippen molar-refractivity contribution in [3.8, 4) is 17.6 Å². The summed E-state index contributed by atoms with van der Waals surface area (Å²) in [5.74, 6) is 4.70. The van der Waals surface area contributed by atoms with Gasteiger partial charge in [0, 0.05) is 6.07 Å². The van der Waals surface area contributed by atoms with Crippen molar-refractivity contribution in [2.45, 2.75) is 13.8 Å². The number of aryl methyl sites for hydroxylation is 2. The summed E-state index contributed by atoms with van der Waals surface area (Å²) >= 11 is 0. The van der Waals surface area contributed by atoms with Crippen molar-refractivity contribution in [1.29, 1.82) is 0 Å². The zero-order valence-electron chi connectivity index (χ0n) is 12.7. The molecule has 4 nitrogen and oxygen atoms in total. The second-order valence-corrected chi connectivity index (χ2v) is 4.73. The number of rotatable bonds is 4. The lowest BCUT2D eigenvalue weighted by Gasteiger charge is -2.02. The van der Waals surface area contributed by atoms with Crippen LogP contribution >= 0.6 is 0 Å². The molecular weight excluding hydrogens is 304 g/mol. The average Bonchev–Trinajstić information content (AvgIpc) is 2.83. The highest BCUT2D eigenvalue weighted by molar-refractivity contribution is 5.95. The van der Waals surface area contributed by atoms with Gasteiger partial charge in [-0.25, -0.2) is 8.78 Å². The van der Waals surface area contributed by atoms with Crippen LogP contribution in [0.4, 0.5) is 8.78 Å². The Labute approximate surface area is 132 Å².